The Bertz CT molecular complexity index is 881. The van der Waals surface area contributed by atoms with Crippen LogP contribution in [0.25, 0.3) is 0 Å². The van der Waals surface area contributed by atoms with Crippen molar-refractivity contribution in [2.24, 2.45) is 0 Å². The largest absolute Gasteiger partial charge is 0.0622 e. The van der Waals surface area contributed by atoms with Crippen molar-refractivity contribution in [3.05, 3.63) is 121 Å². The van der Waals surface area contributed by atoms with Gasteiger partial charge in [0.2, 0.25) is 0 Å². The summed E-state index contributed by atoms with van der Waals surface area (Å²) in [4.78, 5) is 0. The molecule has 0 aliphatic heterocycles. The number of halogens is 5. The summed E-state index contributed by atoms with van der Waals surface area (Å²) in [5, 5.41) is 5.83. The first-order chi connectivity index (χ1) is 16.6. The Kier molecular flexibility index (Phi) is 24.6. The molecule has 11 heteroatoms. The van der Waals surface area contributed by atoms with Crippen molar-refractivity contribution in [1.29, 1.82) is 0 Å². The molecule has 0 saturated carbocycles. The van der Waals surface area contributed by atoms with Crippen LogP contribution in [0.4, 0.5) is 0 Å². The molecular weight excluding hydrogens is 856 g/mol. The van der Waals surface area contributed by atoms with E-state index in [2.05, 4.69) is 121 Å². The van der Waals surface area contributed by atoms with Crippen molar-refractivity contribution in [3.8, 4) is 0 Å². The molecule has 199 valence electrons. The zero-order valence-electron chi connectivity index (χ0n) is 18.5. The van der Waals surface area contributed by atoms with Crippen LogP contribution in [0.1, 0.15) is 0 Å². The molecule has 0 atom stereocenters. The molecule has 0 fully saturated rings. The summed E-state index contributed by atoms with van der Waals surface area (Å²) in [7, 11) is 23.6. The van der Waals surface area contributed by atoms with Gasteiger partial charge in [0.15, 0.2) is 0 Å². The molecular formula is C25H22Cl5FeP2Pd2Ti. The zero-order chi connectivity index (χ0) is 24.6. The van der Waals surface area contributed by atoms with E-state index in [1.807, 2.05) is 0 Å². The topological polar surface area (TPSA) is 0 Å². The van der Waals surface area contributed by atoms with Crippen LogP contribution >= 0.6 is 64.0 Å². The maximum Gasteiger partial charge on any atom is 0.00405 e. The second kappa shape index (κ2) is 23.5. The predicted molar refractivity (Wildman–Crippen MR) is 152 cm³/mol. The minimum Gasteiger partial charge on any atom is -0.0622 e. The second-order valence-corrected chi connectivity index (χ2v) is 21.1. The average Bonchev–Trinajstić information content (AvgIpc) is 2.87. The fourth-order valence-electron chi connectivity index (χ4n) is 3.20. The van der Waals surface area contributed by atoms with Crippen LogP contribution in [0, 0.1) is 0 Å². The Labute approximate surface area is 277 Å². The van der Waals surface area contributed by atoms with Crippen molar-refractivity contribution in [1.82, 2.24) is 0 Å². The van der Waals surface area contributed by atoms with Gasteiger partial charge in [0.05, 0.1) is 0 Å². The van der Waals surface area contributed by atoms with E-state index in [1.54, 1.807) is 0 Å². The van der Waals surface area contributed by atoms with Crippen LogP contribution in [-0.4, -0.2) is 5.90 Å². The summed E-state index contributed by atoms with van der Waals surface area (Å²) < 4.78 is 0. The molecule has 0 amide bonds. The standard InChI is InChI=1S/C25H22P2.5ClH.Fe.2Pd.Ti/c1-5-13-22(14-6-1)26(23-15-7-2-8-16-23)21-27(24-17-9-3-10-18-24)25-19-11-4-12-20-25;;;;;;;;;/h1-20H,21H2;5*1H;;;;/q;;;;;;+2;;;+3/p-5. The number of hydrogen-bond donors (Lipinski definition) is 0. The van der Waals surface area contributed by atoms with Gasteiger partial charge in [-0.15, -0.1) is 0 Å². The van der Waals surface area contributed by atoms with Gasteiger partial charge in [0.25, 0.3) is 0 Å². The predicted octanol–water partition coefficient (Wildman–Crippen LogP) is 8.65. The van der Waals surface area contributed by atoms with E-state index in [9.17, 15) is 0 Å². The second-order valence-electron chi connectivity index (χ2n) is 6.60. The van der Waals surface area contributed by atoms with Crippen molar-refractivity contribution in [2.45, 2.75) is 0 Å². The van der Waals surface area contributed by atoms with Gasteiger partial charge in [-0.1, -0.05) is 121 Å². The molecule has 0 heterocycles. The molecule has 0 aromatic heterocycles. The summed E-state index contributed by atoms with van der Waals surface area (Å²) in [5.74, 6) is 1.17. The molecule has 36 heavy (non-hydrogen) atoms. The Morgan fingerprint density at radius 3 is 0.806 bits per heavy atom. The summed E-state index contributed by atoms with van der Waals surface area (Å²) in [6.07, 6.45) is 0. The quantitative estimate of drug-likeness (QED) is 0.135. The summed E-state index contributed by atoms with van der Waals surface area (Å²) >= 11 is -1.72. The smallest absolute Gasteiger partial charge is 0.00405 e. The molecule has 4 rings (SSSR count). The third-order valence-electron chi connectivity index (χ3n) is 4.55. The van der Waals surface area contributed by atoms with Crippen LogP contribution < -0.4 is 21.2 Å². The molecule has 0 radical (unpaired) electrons. The van der Waals surface area contributed by atoms with Gasteiger partial charge >= 0.3 is 75.9 Å². The van der Waals surface area contributed by atoms with E-state index in [0.717, 1.165) is 0 Å². The fraction of sp³-hybridized carbons (Fsp3) is 0.0400. The van der Waals surface area contributed by atoms with Crippen LogP contribution in [0.2, 0.25) is 0 Å². The normalized spacial score (nSPS) is 9.64. The first-order valence-electron chi connectivity index (χ1n) is 10.0. The van der Waals surface area contributed by atoms with Crippen LogP contribution in [-0.2, 0) is 68.7 Å². The number of hydrogen-bond acceptors (Lipinski definition) is 0. The molecule has 0 aliphatic rings. The number of benzene rings is 4. The average molecular weight is 878 g/mol. The Morgan fingerprint density at radius 2 is 0.639 bits per heavy atom. The monoisotopic (exact) mass is 875 g/mol. The van der Waals surface area contributed by atoms with Gasteiger partial charge in [-0.3, -0.25) is 0 Å². The van der Waals surface area contributed by atoms with Crippen LogP contribution in [0.15, 0.2) is 121 Å². The summed E-state index contributed by atoms with van der Waals surface area (Å²) in [6, 6.07) is 44.1. The molecule has 0 N–H and O–H groups in total. The Hall–Kier alpha value is 1.75. The van der Waals surface area contributed by atoms with E-state index >= 15 is 0 Å². The van der Waals surface area contributed by atoms with E-state index in [-0.39, 0.29) is 54.0 Å². The van der Waals surface area contributed by atoms with E-state index in [1.165, 1.54) is 27.1 Å². The van der Waals surface area contributed by atoms with Gasteiger partial charge in [-0.05, 0) is 37.1 Å². The molecule has 0 spiro atoms. The first kappa shape index (κ1) is 37.7. The Balaban J connectivity index is 0.00000122. The molecule has 0 bridgehead atoms. The zero-order valence-corrected chi connectivity index (χ0v) is 29.9. The maximum atomic E-state index is 4.97. The third-order valence-corrected chi connectivity index (χ3v) is 10.5. The van der Waals surface area contributed by atoms with Crippen molar-refractivity contribution >= 4 is 85.2 Å². The van der Waals surface area contributed by atoms with Gasteiger partial charge in [0, 0.05) is 46.7 Å². The molecule has 0 unspecified atom stereocenters. The molecule has 0 saturated heterocycles. The van der Waals surface area contributed by atoms with Gasteiger partial charge in [0.1, 0.15) is 0 Å². The van der Waals surface area contributed by atoms with E-state index in [4.69, 9.17) is 48.1 Å². The summed E-state index contributed by atoms with van der Waals surface area (Å²) in [6.45, 7) is 0. The minimum absolute atomic E-state index is 0. The van der Waals surface area contributed by atoms with Gasteiger partial charge in [-0.25, -0.2) is 0 Å². The SMILES string of the molecule is [Cl][Fe][Cl].[Cl][Ti]([Cl])[Cl].[Pd].[Pd].c1ccc(P(CP(c2ccccc2)c2ccccc2)c2ccccc2)cc1. The van der Waals surface area contributed by atoms with Crippen LogP contribution in [0.5, 0.6) is 0 Å². The molecule has 0 aliphatic carbocycles. The minimum atomic E-state index is -1.92. The maximum absolute atomic E-state index is 4.97. The van der Waals surface area contributed by atoms with E-state index in [0.29, 0.717) is 0 Å². The molecule has 4 aromatic carbocycles. The van der Waals surface area contributed by atoms with Gasteiger partial charge in [-0.2, -0.15) is 0 Å². The van der Waals surface area contributed by atoms with Crippen LogP contribution in [0.3, 0.4) is 0 Å². The Morgan fingerprint density at radius 1 is 0.472 bits per heavy atom. The molecule has 4 aromatic rings. The first-order valence-corrected chi connectivity index (χ1v) is 22.5. The fourth-order valence-corrected chi connectivity index (χ4v) is 9.67. The summed E-state index contributed by atoms with van der Waals surface area (Å²) in [5.41, 5.74) is 0. The van der Waals surface area contributed by atoms with Crippen molar-refractivity contribution in [2.75, 3.05) is 5.90 Å². The van der Waals surface area contributed by atoms with Gasteiger partial charge < -0.3 is 0 Å². The van der Waals surface area contributed by atoms with Crippen molar-refractivity contribution in [3.63, 3.8) is 0 Å². The van der Waals surface area contributed by atoms with E-state index < -0.39 is 30.5 Å². The van der Waals surface area contributed by atoms with Crippen molar-refractivity contribution < 1.29 is 68.7 Å². The molecule has 0 nitrogen and oxygen atoms in total. The number of rotatable bonds is 6. The third kappa shape index (κ3) is 14.9.